The Kier molecular flexibility index (Phi) is 5.23. The summed E-state index contributed by atoms with van der Waals surface area (Å²) >= 11 is 6.93. The second-order valence-electron chi connectivity index (χ2n) is 8.18. The van der Waals surface area contributed by atoms with Gasteiger partial charge in [0, 0.05) is 36.3 Å². The summed E-state index contributed by atoms with van der Waals surface area (Å²) in [4.78, 5) is 6.94. The molecule has 1 N–H and O–H groups in total. The van der Waals surface area contributed by atoms with Gasteiger partial charge in [0.05, 0.1) is 23.9 Å². The van der Waals surface area contributed by atoms with Crippen LogP contribution in [0.3, 0.4) is 0 Å². The van der Waals surface area contributed by atoms with E-state index in [1.54, 1.807) is 7.11 Å². The summed E-state index contributed by atoms with van der Waals surface area (Å²) in [6.07, 6.45) is 3.24. The Labute approximate surface area is 182 Å². The minimum Gasteiger partial charge on any atom is -0.481 e. The summed E-state index contributed by atoms with van der Waals surface area (Å²) in [5.74, 6) is 0.607. The van der Waals surface area contributed by atoms with Crippen LogP contribution >= 0.6 is 11.6 Å². The van der Waals surface area contributed by atoms with Gasteiger partial charge in [-0.3, -0.25) is 4.90 Å². The highest BCUT2D eigenvalue weighted by atomic mass is 35.5. The predicted octanol–water partition coefficient (Wildman–Crippen LogP) is 4.74. The zero-order valence-electron chi connectivity index (χ0n) is 17.1. The third kappa shape index (κ3) is 3.49. The van der Waals surface area contributed by atoms with Crippen molar-refractivity contribution >= 4 is 11.6 Å². The first-order chi connectivity index (χ1) is 14.6. The van der Waals surface area contributed by atoms with E-state index in [1.807, 2.05) is 12.1 Å². The summed E-state index contributed by atoms with van der Waals surface area (Å²) in [5, 5.41) is 10.2. The third-order valence-electron chi connectivity index (χ3n) is 6.18. The average Bonchev–Trinajstić information content (AvgIpc) is 3.22. The molecule has 0 amide bonds. The number of likely N-dealkylation sites (tertiary alicyclic amines) is 1. The second-order valence-corrected chi connectivity index (χ2v) is 8.55. The topological polar surface area (TPSA) is 45.6 Å². The zero-order chi connectivity index (χ0) is 20.7. The molecule has 0 atom stereocenters. The number of aryl methyl sites for hydroxylation is 1. The molecule has 0 saturated carbocycles. The molecule has 2 heterocycles. The molecule has 1 aromatic heterocycles. The molecule has 5 heteroatoms. The first-order valence-corrected chi connectivity index (χ1v) is 10.9. The van der Waals surface area contributed by atoms with Gasteiger partial charge in [-0.15, -0.1) is 0 Å². The Morgan fingerprint density at radius 3 is 2.60 bits per heavy atom. The van der Waals surface area contributed by atoms with Crippen LogP contribution in [0.15, 0.2) is 48.5 Å². The lowest BCUT2D eigenvalue weighted by Gasteiger charge is -2.35. The monoisotopic (exact) mass is 420 g/mol. The minimum atomic E-state index is -0.218. The highest BCUT2D eigenvalue weighted by Crippen LogP contribution is 2.40. The van der Waals surface area contributed by atoms with Crippen molar-refractivity contribution in [2.24, 2.45) is 0 Å². The standard InChI is InChI=1S/C25H25ClN2O2/c1-30-25-17(13-28-14-18(29)15-28)11-12-23(27-25)22-10-4-9-21(24(22)26)20-8-3-6-16-5-2-7-19(16)20/h3-4,6,8-12,18,29H,2,5,7,13-15H2,1H3. The summed E-state index contributed by atoms with van der Waals surface area (Å²) in [6.45, 7) is 2.11. The normalized spacial score (nSPS) is 16.4. The summed E-state index contributed by atoms with van der Waals surface area (Å²) in [5.41, 5.74) is 7.89. The van der Waals surface area contributed by atoms with Gasteiger partial charge < -0.3 is 9.84 Å². The SMILES string of the molecule is COc1nc(-c2cccc(-c3cccc4c3CCC4)c2Cl)ccc1CN1CC(O)C1. The van der Waals surface area contributed by atoms with Crippen molar-refractivity contribution in [3.8, 4) is 28.3 Å². The number of aromatic nitrogens is 1. The molecule has 2 aliphatic rings. The number of hydrogen-bond donors (Lipinski definition) is 1. The molecule has 4 nitrogen and oxygen atoms in total. The van der Waals surface area contributed by atoms with Gasteiger partial charge in [-0.2, -0.15) is 0 Å². The number of aliphatic hydroxyl groups excluding tert-OH is 1. The highest BCUT2D eigenvalue weighted by Gasteiger charge is 2.25. The van der Waals surface area contributed by atoms with Crippen LogP contribution in [0.25, 0.3) is 22.4 Å². The van der Waals surface area contributed by atoms with Gasteiger partial charge in [-0.1, -0.05) is 54.1 Å². The van der Waals surface area contributed by atoms with Crippen LogP contribution in [-0.2, 0) is 19.4 Å². The Morgan fingerprint density at radius 2 is 1.80 bits per heavy atom. The average molecular weight is 421 g/mol. The maximum absolute atomic E-state index is 9.52. The van der Waals surface area contributed by atoms with Crippen molar-refractivity contribution in [2.45, 2.75) is 31.9 Å². The van der Waals surface area contributed by atoms with Crippen molar-refractivity contribution in [1.29, 1.82) is 0 Å². The second kappa shape index (κ2) is 8.03. The summed E-state index contributed by atoms with van der Waals surface area (Å²) in [6, 6.07) is 16.8. The fourth-order valence-corrected chi connectivity index (χ4v) is 4.96. The van der Waals surface area contributed by atoms with E-state index in [2.05, 4.69) is 41.3 Å². The molecule has 1 fully saturated rings. The van der Waals surface area contributed by atoms with Crippen LogP contribution < -0.4 is 4.74 Å². The maximum atomic E-state index is 9.52. The first-order valence-electron chi connectivity index (χ1n) is 10.5. The number of hydrogen-bond acceptors (Lipinski definition) is 4. The fourth-order valence-electron chi connectivity index (χ4n) is 4.64. The Morgan fingerprint density at radius 1 is 1.03 bits per heavy atom. The van der Waals surface area contributed by atoms with Crippen LogP contribution in [0, 0.1) is 0 Å². The molecular weight excluding hydrogens is 396 g/mol. The molecule has 1 aliphatic heterocycles. The molecule has 1 saturated heterocycles. The van der Waals surface area contributed by atoms with Crippen LogP contribution in [0.4, 0.5) is 0 Å². The smallest absolute Gasteiger partial charge is 0.218 e. The lowest BCUT2D eigenvalue weighted by Crippen LogP contribution is -2.49. The molecule has 3 aromatic rings. The van der Waals surface area contributed by atoms with E-state index in [-0.39, 0.29) is 6.10 Å². The van der Waals surface area contributed by atoms with Gasteiger partial charge >= 0.3 is 0 Å². The van der Waals surface area contributed by atoms with Gasteiger partial charge in [0.2, 0.25) is 5.88 Å². The van der Waals surface area contributed by atoms with Crippen molar-refractivity contribution in [2.75, 3.05) is 20.2 Å². The number of aliphatic hydroxyl groups is 1. The molecule has 30 heavy (non-hydrogen) atoms. The number of rotatable bonds is 5. The number of methoxy groups -OCH3 is 1. The number of benzene rings is 2. The van der Waals surface area contributed by atoms with E-state index >= 15 is 0 Å². The lowest BCUT2D eigenvalue weighted by molar-refractivity contribution is -0.00330. The fraction of sp³-hybridized carbons (Fsp3) is 0.320. The van der Waals surface area contributed by atoms with Gasteiger partial charge in [-0.25, -0.2) is 4.98 Å². The largest absolute Gasteiger partial charge is 0.481 e. The molecule has 5 rings (SSSR count). The molecule has 2 aromatic carbocycles. The molecule has 0 spiro atoms. The van der Waals surface area contributed by atoms with Gasteiger partial charge in [-0.05, 0) is 42.0 Å². The quantitative estimate of drug-likeness (QED) is 0.647. The molecule has 0 radical (unpaired) electrons. The number of β-amino-alcohol motifs (C(OH)–C–C–N with tert-alkyl or cyclic N) is 1. The summed E-state index contributed by atoms with van der Waals surface area (Å²) < 4.78 is 5.58. The number of ether oxygens (including phenoxy) is 1. The number of halogens is 1. The number of nitrogens with zero attached hydrogens (tertiary/aromatic N) is 2. The number of pyridine rings is 1. The van der Waals surface area contributed by atoms with E-state index in [1.165, 1.54) is 23.1 Å². The molecule has 1 aliphatic carbocycles. The van der Waals surface area contributed by atoms with E-state index in [4.69, 9.17) is 21.3 Å². The van der Waals surface area contributed by atoms with Crippen LogP contribution in [0.1, 0.15) is 23.1 Å². The lowest BCUT2D eigenvalue weighted by atomic mass is 9.95. The van der Waals surface area contributed by atoms with E-state index < -0.39 is 0 Å². The van der Waals surface area contributed by atoms with Crippen LogP contribution in [-0.4, -0.2) is 41.3 Å². The molecule has 0 bridgehead atoms. The first kappa shape index (κ1) is 19.6. The van der Waals surface area contributed by atoms with Crippen LogP contribution in [0.2, 0.25) is 5.02 Å². The predicted molar refractivity (Wildman–Crippen MR) is 120 cm³/mol. The highest BCUT2D eigenvalue weighted by molar-refractivity contribution is 6.36. The maximum Gasteiger partial charge on any atom is 0.218 e. The van der Waals surface area contributed by atoms with E-state index in [0.717, 1.165) is 46.8 Å². The van der Waals surface area contributed by atoms with Crippen molar-refractivity contribution in [1.82, 2.24) is 9.88 Å². The molecule has 0 unspecified atom stereocenters. The minimum absolute atomic E-state index is 0.218. The van der Waals surface area contributed by atoms with Gasteiger partial charge in [0.15, 0.2) is 0 Å². The molecular formula is C25H25ClN2O2. The zero-order valence-corrected chi connectivity index (χ0v) is 17.8. The Balaban J connectivity index is 1.51. The van der Waals surface area contributed by atoms with Gasteiger partial charge in [0.25, 0.3) is 0 Å². The summed E-state index contributed by atoms with van der Waals surface area (Å²) in [7, 11) is 1.64. The van der Waals surface area contributed by atoms with E-state index in [9.17, 15) is 5.11 Å². The van der Waals surface area contributed by atoms with Gasteiger partial charge in [0.1, 0.15) is 0 Å². The number of fused-ring (bicyclic) bond motifs is 1. The Hall–Kier alpha value is -2.40. The van der Waals surface area contributed by atoms with Crippen molar-refractivity contribution in [3.05, 3.63) is 70.2 Å². The van der Waals surface area contributed by atoms with Crippen molar-refractivity contribution in [3.63, 3.8) is 0 Å². The third-order valence-corrected chi connectivity index (χ3v) is 6.58. The van der Waals surface area contributed by atoms with E-state index in [0.29, 0.717) is 19.0 Å². The van der Waals surface area contributed by atoms with Crippen molar-refractivity contribution < 1.29 is 9.84 Å². The molecule has 154 valence electrons. The Bertz CT molecular complexity index is 1090. The van der Waals surface area contributed by atoms with Crippen LogP contribution in [0.5, 0.6) is 5.88 Å².